The number of anilines is 1. The van der Waals surface area contributed by atoms with Crippen LogP contribution in [-0.4, -0.2) is 48.7 Å². The van der Waals surface area contributed by atoms with Crippen LogP contribution in [0.5, 0.6) is 5.75 Å². The summed E-state index contributed by atoms with van der Waals surface area (Å²) in [6.07, 6.45) is 6.25. The van der Waals surface area contributed by atoms with E-state index < -0.39 is 0 Å². The normalized spacial score (nSPS) is 12.4. The number of fused-ring (bicyclic) bond motifs is 1. The molecule has 5 heterocycles. The Balaban J connectivity index is 1.35. The summed E-state index contributed by atoms with van der Waals surface area (Å²) in [5.74, 6) is -0.00284. The molecule has 0 fully saturated rings. The Kier molecular flexibility index (Phi) is 6.33. The molecule has 12 heteroatoms. The lowest BCUT2D eigenvalue weighted by Crippen LogP contribution is -2.27. The van der Waals surface area contributed by atoms with Gasteiger partial charge >= 0.3 is 0 Å². The van der Waals surface area contributed by atoms with Crippen LogP contribution in [0.3, 0.4) is 0 Å². The maximum Gasteiger partial charge on any atom is 0.292 e. The van der Waals surface area contributed by atoms with E-state index in [0.717, 1.165) is 21.8 Å². The summed E-state index contributed by atoms with van der Waals surface area (Å²) >= 11 is 7.45. The van der Waals surface area contributed by atoms with Crippen LogP contribution in [0.15, 0.2) is 36.9 Å². The molecule has 182 valence electrons. The van der Waals surface area contributed by atoms with Crippen LogP contribution in [0.2, 0.25) is 5.15 Å². The van der Waals surface area contributed by atoms with Gasteiger partial charge in [-0.3, -0.25) is 19.9 Å². The number of aryl methyl sites for hydroxylation is 2. The number of pyridine rings is 2. The van der Waals surface area contributed by atoms with Gasteiger partial charge in [-0.15, -0.1) is 0 Å². The van der Waals surface area contributed by atoms with Gasteiger partial charge < -0.3 is 9.64 Å². The third-order valence-electron chi connectivity index (χ3n) is 5.56. The number of thiazole rings is 1. The number of carbonyl (C=O) groups is 2. The molecule has 0 saturated carbocycles. The number of rotatable bonds is 5. The van der Waals surface area contributed by atoms with Gasteiger partial charge in [0, 0.05) is 35.4 Å². The second kappa shape index (κ2) is 9.59. The Labute approximate surface area is 215 Å². The van der Waals surface area contributed by atoms with Crippen LogP contribution in [0.1, 0.15) is 42.8 Å². The SMILES string of the molecule is COc1cnc(Cl)cc1-c1cc(C)ncc1C(=O)Nc1nc2c(s1)CN(C(=O)c1ncc(C)cn1)C2. The van der Waals surface area contributed by atoms with Crippen molar-refractivity contribution < 1.29 is 14.3 Å². The predicted molar refractivity (Wildman–Crippen MR) is 134 cm³/mol. The molecule has 0 aliphatic carbocycles. The topological polar surface area (TPSA) is 123 Å². The Morgan fingerprint density at radius 3 is 2.53 bits per heavy atom. The van der Waals surface area contributed by atoms with Gasteiger partial charge in [-0.2, -0.15) is 0 Å². The first-order chi connectivity index (χ1) is 17.3. The van der Waals surface area contributed by atoms with Crippen molar-refractivity contribution >= 4 is 39.9 Å². The molecule has 1 N–H and O–H groups in total. The molecule has 36 heavy (non-hydrogen) atoms. The summed E-state index contributed by atoms with van der Waals surface area (Å²) in [7, 11) is 1.53. The van der Waals surface area contributed by atoms with Crippen LogP contribution >= 0.6 is 22.9 Å². The Morgan fingerprint density at radius 2 is 1.81 bits per heavy atom. The summed E-state index contributed by atoms with van der Waals surface area (Å²) in [5.41, 5.74) is 3.92. The van der Waals surface area contributed by atoms with E-state index in [4.69, 9.17) is 16.3 Å². The fraction of sp³-hybridized carbons (Fsp3) is 0.208. The standard InChI is InChI=1S/C24H20ClN7O3S/c1-12-6-28-21(29-7-12)23(34)32-10-17-19(11-32)36-24(30-17)31-22(33)16-8-26-13(2)4-14(16)15-5-20(25)27-9-18(15)35-3/h4-9H,10-11H2,1-3H3,(H,30,31,33). The maximum atomic E-state index is 13.3. The third kappa shape index (κ3) is 4.62. The van der Waals surface area contributed by atoms with Gasteiger partial charge in [0.1, 0.15) is 10.9 Å². The Bertz CT molecular complexity index is 1470. The van der Waals surface area contributed by atoms with Crippen molar-refractivity contribution in [2.24, 2.45) is 0 Å². The fourth-order valence-electron chi connectivity index (χ4n) is 3.80. The summed E-state index contributed by atoms with van der Waals surface area (Å²) in [4.78, 5) is 49.6. The number of nitrogens with one attached hydrogen (secondary N) is 1. The molecule has 1 aliphatic rings. The molecule has 5 rings (SSSR count). The number of amides is 2. The molecule has 4 aromatic heterocycles. The number of carbonyl (C=O) groups excluding carboxylic acids is 2. The molecule has 10 nitrogen and oxygen atoms in total. The van der Waals surface area contributed by atoms with E-state index in [-0.39, 0.29) is 22.8 Å². The lowest BCUT2D eigenvalue weighted by molar-refractivity contribution is 0.0738. The number of hydrogen-bond donors (Lipinski definition) is 1. The third-order valence-corrected chi connectivity index (χ3v) is 6.77. The quantitative estimate of drug-likeness (QED) is 0.390. The van der Waals surface area contributed by atoms with Crippen molar-refractivity contribution in [3.63, 3.8) is 0 Å². The molecule has 4 aromatic rings. The van der Waals surface area contributed by atoms with E-state index in [1.54, 1.807) is 29.4 Å². The highest BCUT2D eigenvalue weighted by atomic mass is 35.5. The lowest BCUT2D eigenvalue weighted by atomic mass is 10.0. The second-order valence-electron chi connectivity index (χ2n) is 8.17. The molecular formula is C24H20ClN7O3S. The van der Waals surface area contributed by atoms with Gasteiger partial charge in [0.05, 0.1) is 42.5 Å². The van der Waals surface area contributed by atoms with Gasteiger partial charge in [0.15, 0.2) is 5.13 Å². The second-order valence-corrected chi connectivity index (χ2v) is 9.64. The average molecular weight is 522 g/mol. The largest absolute Gasteiger partial charge is 0.494 e. The fourth-order valence-corrected chi connectivity index (χ4v) is 4.94. The first-order valence-electron chi connectivity index (χ1n) is 10.9. The first-order valence-corrected chi connectivity index (χ1v) is 12.1. The van der Waals surface area contributed by atoms with Gasteiger partial charge in [-0.1, -0.05) is 22.9 Å². The van der Waals surface area contributed by atoms with Crippen molar-refractivity contribution in [1.82, 2.24) is 29.8 Å². The molecule has 0 aromatic carbocycles. The van der Waals surface area contributed by atoms with E-state index >= 15 is 0 Å². The van der Waals surface area contributed by atoms with Gasteiger partial charge in [0.2, 0.25) is 5.82 Å². The number of nitrogens with zero attached hydrogens (tertiary/aromatic N) is 6. The smallest absolute Gasteiger partial charge is 0.292 e. The van der Waals surface area contributed by atoms with Crippen LogP contribution in [-0.2, 0) is 13.1 Å². The molecule has 1 aliphatic heterocycles. The minimum atomic E-state index is -0.374. The summed E-state index contributed by atoms with van der Waals surface area (Å²) in [6.45, 7) is 4.39. The predicted octanol–water partition coefficient (Wildman–Crippen LogP) is 4.08. The van der Waals surface area contributed by atoms with Crippen molar-refractivity contribution in [3.8, 4) is 16.9 Å². The summed E-state index contributed by atoms with van der Waals surface area (Å²) < 4.78 is 5.43. The van der Waals surface area contributed by atoms with E-state index in [1.807, 2.05) is 13.8 Å². The molecule has 0 unspecified atom stereocenters. The van der Waals surface area contributed by atoms with E-state index in [0.29, 0.717) is 40.7 Å². The van der Waals surface area contributed by atoms with Crippen molar-refractivity contribution in [1.29, 1.82) is 0 Å². The zero-order chi connectivity index (χ0) is 25.4. The highest BCUT2D eigenvalue weighted by molar-refractivity contribution is 7.16. The van der Waals surface area contributed by atoms with Crippen molar-refractivity contribution in [3.05, 3.63) is 75.3 Å². The van der Waals surface area contributed by atoms with E-state index in [9.17, 15) is 9.59 Å². The molecule has 0 spiro atoms. The summed E-state index contributed by atoms with van der Waals surface area (Å²) in [5, 5.41) is 3.58. The van der Waals surface area contributed by atoms with E-state index in [2.05, 4.69) is 30.2 Å². The zero-order valence-corrected chi connectivity index (χ0v) is 21.1. The number of methoxy groups -OCH3 is 1. The molecule has 0 atom stereocenters. The molecule has 0 saturated heterocycles. The maximum absolute atomic E-state index is 13.3. The average Bonchev–Trinajstić information content (AvgIpc) is 3.42. The molecular weight excluding hydrogens is 502 g/mol. The number of halogens is 1. The zero-order valence-electron chi connectivity index (χ0n) is 19.6. The van der Waals surface area contributed by atoms with Crippen LogP contribution in [0.25, 0.3) is 11.1 Å². The highest BCUT2D eigenvalue weighted by Crippen LogP contribution is 2.35. The summed E-state index contributed by atoms with van der Waals surface area (Å²) in [6, 6.07) is 3.44. The number of hydrogen-bond acceptors (Lipinski definition) is 9. The molecule has 0 bridgehead atoms. The Morgan fingerprint density at radius 1 is 1.03 bits per heavy atom. The van der Waals surface area contributed by atoms with Crippen LogP contribution in [0, 0.1) is 13.8 Å². The number of ether oxygens (including phenoxy) is 1. The van der Waals surface area contributed by atoms with E-state index in [1.165, 1.54) is 30.8 Å². The van der Waals surface area contributed by atoms with Gasteiger partial charge in [-0.05, 0) is 31.5 Å². The van der Waals surface area contributed by atoms with Gasteiger partial charge in [-0.25, -0.2) is 19.9 Å². The van der Waals surface area contributed by atoms with Crippen LogP contribution < -0.4 is 10.1 Å². The van der Waals surface area contributed by atoms with Crippen LogP contribution in [0.4, 0.5) is 5.13 Å². The monoisotopic (exact) mass is 521 g/mol. The molecule has 2 amide bonds. The van der Waals surface area contributed by atoms with Crippen molar-refractivity contribution in [2.75, 3.05) is 12.4 Å². The number of aromatic nitrogens is 5. The first kappa shape index (κ1) is 23.8. The Hall–Kier alpha value is -3.96. The minimum Gasteiger partial charge on any atom is -0.494 e. The van der Waals surface area contributed by atoms with Gasteiger partial charge in [0.25, 0.3) is 11.8 Å². The highest BCUT2D eigenvalue weighted by Gasteiger charge is 2.30. The minimum absolute atomic E-state index is 0.148. The van der Waals surface area contributed by atoms with Crippen molar-refractivity contribution in [2.45, 2.75) is 26.9 Å². The lowest BCUT2D eigenvalue weighted by Gasteiger charge is -2.14. The molecule has 0 radical (unpaired) electrons.